The van der Waals surface area contributed by atoms with Crippen molar-refractivity contribution < 1.29 is 9.59 Å². The van der Waals surface area contributed by atoms with Gasteiger partial charge in [0.1, 0.15) is 0 Å². The lowest BCUT2D eigenvalue weighted by atomic mass is 10.1. The lowest BCUT2D eigenvalue weighted by Crippen LogP contribution is -2.21. The number of amides is 2. The molecule has 0 atom stereocenters. The topological polar surface area (TPSA) is 72.2 Å². The number of rotatable bonds is 5. The minimum absolute atomic E-state index is 0.0922. The molecule has 4 aromatic rings. The molecule has 27 heavy (non-hydrogen) atoms. The Kier molecular flexibility index (Phi) is 4.75. The lowest BCUT2D eigenvalue weighted by Gasteiger charge is -2.03. The summed E-state index contributed by atoms with van der Waals surface area (Å²) < 4.78 is 1.00. The Morgan fingerprint density at radius 3 is 2.48 bits per heavy atom. The molecule has 6 heteroatoms. The van der Waals surface area contributed by atoms with Crippen LogP contribution in [0.2, 0.25) is 0 Å². The molecular formula is C21H16N2O2S2. The van der Waals surface area contributed by atoms with E-state index in [1.54, 1.807) is 0 Å². The van der Waals surface area contributed by atoms with Crippen molar-refractivity contribution in [2.75, 3.05) is 0 Å². The van der Waals surface area contributed by atoms with Gasteiger partial charge >= 0.3 is 0 Å². The van der Waals surface area contributed by atoms with Crippen molar-refractivity contribution in [1.29, 1.82) is 0 Å². The Morgan fingerprint density at radius 2 is 1.70 bits per heavy atom. The number of carbonyl (C=O) groups is 2. The van der Waals surface area contributed by atoms with Crippen LogP contribution in [0.4, 0.5) is 0 Å². The second-order valence-corrected chi connectivity index (χ2v) is 8.19. The summed E-state index contributed by atoms with van der Waals surface area (Å²) in [5, 5.41) is 3.93. The highest BCUT2D eigenvalue weighted by Gasteiger charge is 2.14. The number of thiophene rings is 2. The van der Waals surface area contributed by atoms with Crippen LogP contribution in [0, 0.1) is 0 Å². The first-order chi connectivity index (χ1) is 13.1. The molecule has 3 N–H and O–H groups in total. The molecule has 0 bridgehead atoms. The fourth-order valence-corrected chi connectivity index (χ4v) is 4.77. The fourth-order valence-electron chi connectivity index (χ4n) is 2.87. The Bertz CT molecular complexity index is 1130. The molecule has 4 rings (SSSR count). The first-order valence-corrected chi connectivity index (χ1v) is 10.00. The van der Waals surface area contributed by atoms with Gasteiger partial charge in [-0.2, -0.15) is 0 Å². The van der Waals surface area contributed by atoms with E-state index in [9.17, 15) is 9.59 Å². The molecule has 4 nitrogen and oxygen atoms in total. The first-order valence-electron chi connectivity index (χ1n) is 8.36. The smallest absolute Gasteiger partial charge is 0.261 e. The van der Waals surface area contributed by atoms with Gasteiger partial charge in [-0.3, -0.25) is 9.59 Å². The molecule has 0 saturated heterocycles. The fraction of sp³-hybridized carbons (Fsp3) is 0.0476. The standard InChI is InChI=1S/C21H16N2O2S2/c22-20(24)19-11-15-14(7-4-8-16(15)27-19)17-9-10-18(26-17)21(25)23-12-13-5-2-1-3-6-13/h1-11H,12H2,(H2,22,24)(H,23,25). The molecule has 0 spiro atoms. The number of nitrogens with one attached hydrogen (secondary N) is 1. The summed E-state index contributed by atoms with van der Waals surface area (Å²) in [6, 6.07) is 21.3. The van der Waals surface area contributed by atoms with Gasteiger partial charge in [-0.15, -0.1) is 22.7 Å². The molecule has 2 heterocycles. The predicted octanol–water partition coefficient (Wildman–Crippen LogP) is 4.66. The van der Waals surface area contributed by atoms with Crippen LogP contribution >= 0.6 is 22.7 Å². The van der Waals surface area contributed by atoms with Crippen LogP contribution < -0.4 is 11.1 Å². The predicted molar refractivity (Wildman–Crippen MR) is 111 cm³/mol. The normalized spacial score (nSPS) is 10.8. The summed E-state index contributed by atoms with van der Waals surface area (Å²) >= 11 is 2.82. The van der Waals surface area contributed by atoms with E-state index in [-0.39, 0.29) is 5.91 Å². The molecule has 2 amide bonds. The maximum atomic E-state index is 12.5. The Balaban J connectivity index is 1.58. The summed E-state index contributed by atoms with van der Waals surface area (Å²) in [6.07, 6.45) is 0. The van der Waals surface area contributed by atoms with Crippen molar-refractivity contribution in [3.63, 3.8) is 0 Å². The maximum Gasteiger partial charge on any atom is 0.261 e. The van der Waals surface area contributed by atoms with Gasteiger partial charge in [0, 0.05) is 27.1 Å². The number of benzene rings is 2. The number of primary amides is 1. The van der Waals surface area contributed by atoms with Gasteiger partial charge in [-0.25, -0.2) is 0 Å². The zero-order chi connectivity index (χ0) is 18.8. The molecule has 2 aromatic carbocycles. The van der Waals surface area contributed by atoms with E-state index < -0.39 is 5.91 Å². The van der Waals surface area contributed by atoms with E-state index in [0.717, 1.165) is 26.1 Å². The van der Waals surface area contributed by atoms with E-state index in [1.807, 2.05) is 66.7 Å². The zero-order valence-electron chi connectivity index (χ0n) is 14.3. The third-order valence-electron chi connectivity index (χ3n) is 4.20. The van der Waals surface area contributed by atoms with Gasteiger partial charge in [0.05, 0.1) is 9.75 Å². The van der Waals surface area contributed by atoms with Crippen molar-refractivity contribution >= 4 is 44.6 Å². The highest BCUT2D eigenvalue weighted by Crippen LogP contribution is 2.37. The van der Waals surface area contributed by atoms with Gasteiger partial charge in [0.15, 0.2) is 0 Å². The van der Waals surface area contributed by atoms with E-state index >= 15 is 0 Å². The van der Waals surface area contributed by atoms with Gasteiger partial charge in [0.2, 0.25) is 0 Å². The van der Waals surface area contributed by atoms with E-state index in [4.69, 9.17) is 5.73 Å². The van der Waals surface area contributed by atoms with Crippen LogP contribution in [0.3, 0.4) is 0 Å². The summed E-state index contributed by atoms with van der Waals surface area (Å²) in [5.41, 5.74) is 7.48. The molecule has 0 aliphatic rings. The van der Waals surface area contributed by atoms with Crippen LogP contribution in [0.5, 0.6) is 0 Å². The van der Waals surface area contributed by atoms with Crippen LogP contribution in [-0.4, -0.2) is 11.8 Å². The minimum atomic E-state index is -0.422. The third kappa shape index (κ3) is 3.63. The first kappa shape index (κ1) is 17.5. The van der Waals surface area contributed by atoms with Crippen molar-refractivity contribution in [3.05, 3.63) is 82.0 Å². The minimum Gasteiger partial charge on any atom is -0.365 e. The average Bonchev–Trinajstić information content (AvgIpc) is 3.34. The molecule has 0 aliphatic carbocycles. The molecule has 2 aromatic heterocycles. The molecular weight excluding hydrogens is 376 g/mol. The van der Waals surface area contributed by atoms with Crippen LogP contribution in [0.15, 0.2) is 66.7 Å². The summed E-state index contributed by atoms with van der Waals surface area (Å²) in [5.74, 6) is -0.514. The summed E-state index contributed by atoms with van der Waals surface area (Å²) in [7, 11) is 0. The van der Waals surface area contributed by atoms with Crippen LogP contribution in [0.1, 0.15) is 24.9 Å². The number of fused-ring (bicyclic) bond motifs is 1. The van der Waals surface area contributed by atoms with Crippen molar-refractivity contribution in [3.8, 4) is 10.4 Å². The molecule has 0 saturated carbocycles. The van der Waals surface area contributed by atoms with Crippen LogP contribution in [0.25, 0.3) is 20.5 Å². The van der Waals surface area contributed by atoms with E-state index in [2.05, 4.69) is 5.32 Å². The molecule has 134 valence electrons. The quantitative estimate of drug-likeness (QED) is 0.518. The van der Waals surface area contributed by atoms with Gasteiger partial charge < -0.3 is 11.1 Å². The number of nitrogens with two attached hydrogens (primary N) is 1. The second kappa shape index (κ2) is 7.34. The SMILES string of the molecule is NC(=O)c1cc2c(-c3ccc(C(=O)NCc4ccccc4)s3)cccc2s1. The van der Waals surface area contributed by atoms with Crippen molar-refractivity contribution in [1.82, 2.24) is 5.32 Å². The maximum absolute atomic E-state index is 12.5. The number of carbonyl (C=O) groups excluding carboxylic acids is 2. The molecule has 0 unspecified atom stereocenters. The Hall–Kier alpha value is -2.96. The Labute approximate surface area is 164 Å². The lowest BCUT2D eigenvalue weighted by molar-refractivity contribution is 0.0953. The van der Waals surface area contributed by atoms with Crippen LogP contribution in [-0.2, 0) is 6.54 Å². The summed E-state index contributed by atoms with van der Waals surface area (Å²) in [6.45, 7) is 0.495. The van der Waals surface area contributed by atoms with Gasteiger partial charge in [-0.05, 0) is 29.8 Å². The van der Waals surface area contributed by atoms with E-state index in [0.29, 0.717) is 16.3 Å². The van der Waals surface area contributed by atoms with Gasteiger partial charge in [-0.1, -0.05) is 42.5 Å². The highest BCUT2D eigenvalue weighted by molar-refractivity contribution is 7.21. The van der Waals surface area contributed by atoms with Crippen molar-refractivity contribution in [2.24, 2.45) is 5.73 Å². The second-order valence-electron chi connectivity index (χ2n) is 6.02. The third-order valence-corrected chi connectivity index (χ3v) is 6.43. The highest BCUT2D eigenvalue weighted by atomic mass is 32.1. The monoisotopic (exact) mass is 392 g/mol. The molecule has 0 aliphatic heterocycles. The molecule has 0 radical (unpaired) electrons. The number of hydrogen-bond donors (Lipinski definition) is 2. The number of hydrogen-bond acceptors (Lipinski definition) is 4. The molecule has 0 fully saturated rings. The zero-order valence-corrected chi connectivity index (χ0v) is 15.9. The summed E-state index contributed by atoms with van der Waals surface area (Å²) in [4.78, 5) is 26.1. The Morgan fingerprint density at radius 1 is 0.889 bits per heavy atom. The largest absolute Gasteiger partial charge is 0.365 e. The van der Waals surface area contributed by atoms with Crippen molar-refractivity contribution in [2.45, 2.75) is 6.54 Å². The van der Waals surface area contributed by atoms with Gasteiger partial charge in [0.25, 0.3) is 11.8 Å². The van der Waals surface area contributed by atoms with E-state index in [1.165, 1.54) is 22.7 Å². The average molecular weight is 393 g/mol.